The molecule has 1 atom stereocenters. The van der Waals surface area contributed by atoms with Gasteiger partial charge in [0.2, 0.25) is 0 Å². The van der Waals surface area contributed by atoms with Crippen LogP contribution in [0.1, 0.15) is 32.6 Å². The molecule has 15 heavy (non-hydrogen) atoms. The second kappa shape index (κ2) is 7.20. The van der Waals surface area contributed by atoms with Crippen LogP contribution in [0, 0.1) is 5.92 Å². The van der Waals surface area contributed by atoms with Gasteiger partial charge in [0, 0.05) is 6.54 Å². The molecular formula is C12H26N2O. The van der Waals surface area contributed by atoms with Crippen LogP contribution in [0.2, 0.25) is 0 Å². The van der Waals surface area contributed by atoms with E-state index < -0.39 is 0 Å². The van der Waals surface area contributed by atoms with Crippen LogP contribution in [0.3, 0.4) is 0 Å². The van der Waals surface area contributed by atoms with Gasteiger partial charge in [-0.05, 0) is 58.3 Å². The highest BCUT2D eigenvalue weighted by atomic mass is 16.3. The molecule has 0 saturated carbocycles. The van der Waals surface area contributed by atoms with E-state index in [1.165, 1.54) is 32.4 Å². The molecule has 3 nitrogen and oxygen atoms in total. The third kappa shape index (κ3) is 5.50. The second-order valence-corrected chi connectivity index (χ2v) is 4.80. The van der Waals surface area contributed by atoms with Gasteiger partial charge in [0.25, 0.3) is 0 Å². The SMILES string of the molecule is CCC(O)CNCCC1CCN(C)CC1. The van der Waals surface area contributed by atoms with Gasteiger partial charge in [-0.3, -0.25) is 0 Å². The van der Waals surface area contributed by atoms with Gasteiger partial charge < -0.3 is 15.3 Å². The van der Waals surface area contributed by atoms with Gasteiger partial charge in [-0.15, -0.1) is 0 Å². The molecule has 0 bridgehead atoms. The monoisotopic (exact) mass is 214 g/mol. The summed E-state index contributed by atoms with van der Waals surface area (Å²) in [5.41, 5.74) is 0. The zero-order valence-corrected chi connectivity index (χ0v) is 10.2. The molecule has 3 heteroatoms. The van der Waals surface area contributed by atoms with E-state index in [1.807, 2.05) is 6.92 Å². The van der Waals surface area contributed by atoms with Crippen molar-refractivity contribution >= 4 is 0 Å². The second-order valence-electron chi connectivity index (χ2n) is 4.80. The first-order chi connectivity index (χ1) is 7.22. The lowest BCUT2D eigenvalue weighted by Gasteiger charge is -2.29. The fraction of sp³-hybridized carbons (Fsp3) is 1.00. The van der Waals surface area contributed by atoms with Crippen LogP contribution in [0.4, 0.5) is 0 Å². The summed E-state index contributed by atoms with van der Waals surface area (Å²) >= 11 is 0. The first-order valence-corrected chi connectivity index (χ1v) is 6.29. The maximum atomic E-state index is 9.36. The Kier molecular flexibility index (Phi) is 6.22. The molecule has 1 heterocycles. The van der Waals surface area contributed by atoms with Crippen molar-refractivity contribution in [3.8, 4) is 0 Å². The standard InChI is InChI=1S/C12H26N2O/c1-3-12(15)10-13-7-4-11-5-8-14(2)9-6-11/h11-13,15H,3-10H2,1-2H3. The Morgan fingerprint density at radius 1 is 1.40 bits per heavy atom. The molecule has 0 aromatic heterocycles. The van der Waals surface area contributed by atoms with Crippen molar-refractivity contribution in [2.24, 2.45) is 5.92 Å². The summed E-state index contributed by atoms with van der Waals surface area (Å²) in [6, 6.07) is 0. The van der Waals surface area contributed by atoms with Gasteiger partial charge in [-0.1, -0.05) is 6.92 Å². The number of hydrogen-bond donors (Lipinski definition) is 2. The minimum Gasteiger partial charge on any atom is -0.392 e. The molecule has 1 aliphatic rings. The zero-order chi connectivity index (χ0) is 11.1. The van der Waals surface area contributed by atoms with Crippen molar-refractivity contribution < 1.29 is 5.11 Å². The van der Waals surface area contributed by atoms with Crippen molar-refractivity contribution in [1.29, 1.82) is 0 Å². The van der Waals surface area contributed by atoms with Crippen molar-refractivity contribution in [2.75, 3.05) is 33.2 Å². The Bertz CT molecular complexity index is 156. The Balaban J connectivity index is 1.96. The smallest absolute Gasteiger partial charge is 0.0662 e. The summed E-state index contributed by atoms with van der Waals surface area (Å²) in [4.78, 5) is 2.41. The Hall–Kier alpha value is -0.120. The van der Waals surface area contributed by atoms with Gasteiger partial charge in [-0.2, -0.15) is 0 Å². The molecule has 0 radical (unpaired) electrons. The van der Waals surface area contributed by atoms with E-state index in [0.29, 0.717) is 0 Å². The van der Waals surface area contributed by atoms with Crippen LogP contribution in [0.25, 0.3) is 0 Å². The highest BCUT2D eigenvalue weighted by Gasteiger charge is 2.15. The van der Waals surface area contributed by atoms with E-state index in [1.54, 1.807) is 0 Å². The van der Waals surface area contributed by atoms with Crippen molar-refractivity contribution in [3.63, 3.8) is 0 Å². The average molecular weight is 214 g/mol. The van der Waals surface area contributed by atoms with Gasteiger partial charge in [0.1, 0.15) is 0 Å². The lowest BCUT2D eigenvalue weighted by molar-refractivity contribution is 0.164. The van der Waals surface area contributed by atoms with Crippen LogP contribution >= 0.6 is 0 Å². The minimum atomic E-state index is -0.164. The molecule has 1 saturated heterocycles. The van der Waals surface area contributed by atoms with E-state index in [9.17, 15) is 5.11 Å². The van der Waals surface area contributed by atoms with Crippen LogP contribution in [-0.4, -0.2) is 49.3 Å². The Morgan fingerprint density at radius 3 is 2.67 bits per heavy atom. The highest BCUT2D eigenvalue weighted by Crippen LogP contribution is 2.18. The summed E-state index contributed by atoms with van der Waals surface area (Å²) < 4.78 is 0. The van der Waals surface area contributed by atoms with Crippen molar-refractivity contribution in [3.05, 3.63) is 0 Å². The molecule has 0 aliphatic carbocycles. The molecule has 90 valence electrons. The molecule has 1 unspecified atom stereocenters. The third-order valence-electron chi connectivity index (χ3n) is 3.42. The first kappa shape index (κ1) is 12.9. The number of aliphatic hydroxyl groups excluding tert-OH is 1. The Labute approximate surface area is 93.9 Å². The highest BCUT2D eigenvalue weighted by molar-refractivity contribution is 4.71. The van der Waals surface area contributed by atoms with Gasteiger partial charge in [-0.25, -0.2) is 0 Å². The number of aliphatic hydroxyl groups is 1. The number of hydrogen-bond acceptors (Lipinski definition) is 3. The number of nitrogens with zero attached hydrogens (tertiary/aromatic N) is 1. The van der Waals surface area contributed by atoms with Crippen LogP contribution < -0.4 is 5.32 Å². The number of nitrogens with one attached hydrogen (secondary N) is 1. The summed E-state index contributed by atoms with van der Waals surface area (Å²) in [7, 11) is 2.20. The normalized spacial score (nSPS) is 21.8. The predicted molar refractivity (Wildman–Crippen MR) is 64.0 cm³/mol. The van der Waals surface area contributed by atoms with E-state index >= 15 is 0 Å². The Morgan fingerprint density at radius 2 is 2.07 bits per heavy atom. The maximum Gasteiger partial charge on any atom is 0.0662 e. The third-order valence-corrected chi connectivity index (χ3v) is 3.42. The van der Waals surface area contributed by atoms with E-state index in [4.69, 9.17) is 0 Å². The van der Waals surface area contributed by atoms with Gasteiger partial charge in [0.05, 0.1) is 6.10 Å². The van der Waals surface area contributed by atoms with Crippen LogP contribution in [-0.2, 0) is 0 Å². The van der Waals surface area contributed by atoms with E-state index in [-0.39, 0.29) is 6.10 Å². The summed E-state index contributed by atoms with van der Waals surface area (Å²) in [5, 5.41) is 12.7. The molecule has 1 fully saturated rings. The molecule has 0 spiro atoms. The lowest BCUT2D eigenvalue weighted by atomic mass is 9.94. The number of piperidine rings is 1. The molecule has 1 rings (SSSR count). The lowest BCUT2D eigenvalue weighted by Crippen LogP contribution is -2.33. The minimum absolute atomic E-state index is 0.164. The fourth-order valence-electron chi connectivity index (χ4n) is 2.07. The molecule has 2 N–H and O–H groups in total. The quantitative estimate of drug-likeness (QED) is 0.650. The first-order valence-electron chi connectivity index (χ1n) is 6.29. The van der Waals surface area contributed by atoms with Gasteiger partial charge >= 0.3 is 0 Å². The summed E-state index contributed by atoms with van der Waals surface area (Å²) in [5.74, 6) is 0.896. The molecular weight excluding hydrogens is 188 g/mol. The van der Waals surface area contributed by atoms with Crippen LogP contribution in [0.5, 0.6) is 0 Å². The summed E-state index contributed by atoms with van der Waals surface area (Å²) in [6.45, 7) is 6.34. The largest absolute Gasteiger partial charge is 0.392 e. The van der Waals surface area contributed by atoms with Crippen LogP contribution in [0.15, 0.2) is 0 Å². The number of rotatable bonds is 6. The van der Waals surface area contributed by atoms with E-state index in [2.05, 4.69) is 17.3 Å². The predicted octanol–water partition coefficient (Wildman–Crippen LogP) is 1.08. The zero-order valence-electron chi connectivity index (χ0n) is 10.2. The topological polar surface area (TPSA) is 35.5 Å². The van der Waals surface area contributed by atoms with Crippen molar-refractivity contribution in [2.45, 2.75) is 38.7 Å². The molecule has 0 aromatic rings. The molecule has 0 amide bonds. The van der Waals surface area contributed by atoms with E-state index in [0.717, 1.165) is 25.4 Å². The molecule has 0 aromatic carbocycles. The fourth-order valence-corrected chi connectivity index (χ4v) is 2.07. The maximum absolute atomic E-state index is 9.36. The summed E-state index contributed by atoms with van der Waals surface area (Å²) in [6.07, 6.45) is 4.64. The number of likely N-dealkylation sites (tertiary alicyclic amines) is 1. The van der Waals surface area contributed by atoms with Crippen molar-refractivity contribution in [1.82, 2.24) is 10.2 Å². The van der Waals surface area contributed by atoms with Gasteiger partial charge in [0.15, 0.2) is 0 Å². The average Bonchev–Trinajstić information content (AvgIpc) is 2.26. The molecule has 1 aliphatic heterocycles.